The van der Waals surface area contributed by atoms with Crippen LogP contribution in [0.3, 0.4) is 0 Å². The van der Waals surface area contributed by atoms with Gasteiger partial charge in [0.1, 0.15) is 17.1 Å². The lowest BCUT2D eigenvalue weighted by atomic mass is 10.0. The molecule has 6 rings (SSSR count). The Morgan fingerprint density at radius 3 is 2.00 bits per heavy atom. The number of phenolic OH excluding ortho intramolecular Hbond substituents is 2. The van der Waals surface area contributed by atoms with Crippen LogP contribution in [0, 0.1) is 13.8 Å². The molecule has 0 aromatic heterocycles. The van der Waals surface area contributed by atoms with Gasteiger partial charge < -0.3 is 20.4 Å². The maximum atomic E-state index is 13.4. The average molecular weight is 683 g/mol. The summed E-state index contributed by atoms with van der Waals surface area (Å²) >= 11 is 0. The third kappa shape index (κ3) is 6.89. The fourth-order valence-electron chi connectivity index (χ4n) is 5.35. The summed E-state index contributed by atoms with van der Waals surface area (Å²) in [6.45, 7) is 5.53. The third-order valence-corrected chi connectivity index (χ3v) is 8.23. The number of carboxylic acid groups (broad SMARTS) is 2. The summed E-state index contributed by atoms with van der Waals surface area (Å²) in [5.41, 5.74) is 7.30. The van der Waals surface area contributed by atoms with Crippen LogP contribution in [-0.4, -0.2) is 49.7 Å². The van der Waals surface area contributed by atoms with Crippen molar-refractivity contribution in [3.63, 3.8) is 0 Å². The molecule has 1 aliphatic heterocycles. The molecule has 1 aliphatic rings. The second-order valence-electron chi connectivity index (χ2n) is 11.7. The van der Waals surface area contributed by atoms with Crippen LogP contribution >= 0.6 is 0 Å². The summed E-state index contributed by atoms with van der Waals surface area (Å²) in [7, 11) is 0. The molecule has 13 heteroatoms. The second kappa shape index (κ2) is 13.8. The number of aromatic hydroxyl groups is 2. The largest absolute Gasteiger partial charge is 0.505 e. The Balaban J connectivity index is 1.38. The van der Waals surface area contributed by atoms with E-state index in [1.165, 1.54) is 53.5 Å². The van der Waals surface area contributed by atoms with Crippen LogP contribution in [0.2, 0.25) is 0 Å². The Hall–Kier alpha value is -7.15. The van der Waals surface area contributed by atoms with Gasteiger partial charge in [-0.2, -0.15) is 20.3 Å². The zero-order valence-corrected chi connectivity index (χ0v) is 27.5. The predicted molar refractivity (Wildman–Crippen MR) is 193 cm³/mol. The Kier molecular flexibility index (Phi) is 9.10. The van der Waals surface area contributed by atoms with Gasteiger partial charge in [-0.1, -0.05) is 42.5 Å². The van der Waals surface area contributed by atoms with Gasteiger partial charge in [0.25, 0.3) is 0 Å². The number of hydrogen-bond donors (Lipinski definition) is 5. The van der Waals surface area contributed by atoms with Gasteiger partial charge in [0.15, 0.2) is 11.5 Å². The minimum Gasteiger partial charge on any atom is -0.505 e. The Morgan fingerprint density at radius 1 is 0.706 bits per heavy atom. The minimum absolute atomic E-state index is 0.00258. The van der Waals surface area contributed by atoms with Gasteiger partial charge in [0.2, 0.25) is 0 Å². The van der Waals surface area contributed by atoms with E-state index in [1.54, 1.807) is 43.3 Å². The van der Waals surface area contributed by atoms with E-state index in [-0.39, 0.29) is 51.0 Å². The number of carbonyl (C=O) groups is 3. The van der Waals surface area contributed by atoms with Crippen LogP contribution in [0.15, 0.2) is 117 Å². The van der Waals surface area contributed by atoms with Crippen LogP contribution in [0.4, 0.5) is 22.7 Å². The number of carboxylic acids is 2. The van der Waals surface area contributed by atoms with Crippen molar-refractivity contribution in [3.8, 4) is 33.8 Å². The zero-order chi connectivity index (χ0) is 36.4. The number of hydrogen-bond acceptors (Lipinski definition) is 10. The molecular formula is C38H30N6O7. The molecule has 1 amide bonds. The number of rotatable bonds is 9. The number of carbonyl (C=O) groups excluding carboxylic acids is 1. The van der Waals surface area contributed by atoms with Crippen molar-refractivity contribution in [2.24, 2.45) is 20.4 Å². The molecule has 0 saturated heterocycles. The van der Waals surface area contributed by atoms with Gasteiger partial charge in [-0.15, -0.1) is 5.11 Å². The maximum Gasteiger partial charge on any atom is 0.335 e. The quantitative estimate of drug-likeness (QED) is 0.0584. The first kappa shape index (κ1) is 33.7. The van der Waals surface area contributed by atoms with Crippen LogP contribution in [-0.2, 0) is 4.79 Å². The first-order valence-corrected chi connectivity index (χ1v) is 15.5. The smallest absolute Gasteiger partial charge is 0.335 e. The van der Waals surface area contributed by atoms with Crippen molar-refractivity contribution in [3.05, 3.63) is 119 Å². The molecule has 13 nitrogen and oxygen atoms in total. The van der Waals surface area contributed by atoms with Crippen LogP contribution in [0.5, 0.6) is 11.5 Å². The summed E-state index contributed by atoms with van der Waals surface area (Å²) in [4.78, 5) is 36.6. The van der Waals surface area contributed by atoms with Crippen LogP contribution in [0.1, 0.15) is 38.8 Å². The van der Waals surface area contributed by atoms with E-state index >= 15 is 0 Å². The van der Waals surface area contributed by atoms with E-state index < -0.39 is 17.8 Å². The fraction of sp³-hybridized carbons (Fsp3) is 0.0789. The summed E-state index contributed by atoms with van der Waals surface area (Å²) in [6, 6.07) is 25.2. The van der Waals surface area contributed by atoms with Gasteiger partial charge in [0.05, 0.1) is 28.2 Å². The molecule has 0 saturated carbocycles. The van der Waals surface area contributed by atoms with Crippen molar-refractivity contribution in [2.75, 3.05) is 10.4 Å². The van der Waals surface area contributed by atoms with E-state index in [1.807, 2.05) is 26.0 Å². The number of aryl methyl sites for hydroxylation is 2. The first-order valence-electron chi connectivity index (χ1n) is 15.5. The van der Waals surface area contributed by atoms with Crippen molar-refractivity contribution in [1.29, 1.82) is 0 Å². The molecule has 0 fully saturated rings. The molecule has 0 spiro atoms. The molecule has 51 heavy (non-hydrogen) atoms. The van der Waals surface area contributed by atoms with Gasteiger partial charge in [-0.25, -0.2) is 9.59 Å². The van der Waals surface area contributed by atoms with E-state index in [0.717, 1.165) is 11.1 Å². The van der Waals surface area contributed by atoms with Crippen molar-refractivity contribution >= 4 is 52.0 Å². The normalized spacial score (nSPS) is 13.5. The lowest BCUT2D eigenvalue weighted by Crippen LogP contribution is -2.28. The first-order chi connectivity index (χ1) is 24.4. The SMILES string of the molecule is CC1=NN(c2ccc(C)c(C)c2)C(=O)C1=NNc1cc(N=Nc2cccc(-c3cccc(C(=O)O)c3)c2O)cc(-c2cccc(C(=O)O)c2)c1O. The molecule has 0 bridgehead atoms. The number of nitrogens with zero attached hydrogens (tertiary/aromatic N) is 5. The van der Waals surface area contributed by atoms with Crippen molar-refractivity contribution < 1.29 is 34.8 Å². The highest BCUT2D eigenvalue weighted by molar-refractivity contribution is 6.71. The second-order valence-corrected chi connectivity index (χ2v) is 11.7. The molecule has 1 heterocycles. The van der Waals surface area contributed by atoms with E-state index in [0.29, 0.717) is 28.1 Å². The fourth-order valence-corrected chi connectivity index (χ4v) is 5.35. The van der Waals surface area contributed by atoms with Crippen molar-refractivity contribution in [2.45, 2.75) is 20.8 Å². The Labute approximate surface area is 291 Å². The molecule has 0 unspecified atom stereocenters. The zero-order valence-electron chi connectivity index (χ0n) is 27.5. The molecular weight excluding hydrogens is 652 g/mol. The molecule has 0 radical (unpaired) electrons. The van der Waals surface area contributed by atoms with Crippen LogP contribution < -0.4 is 10.4 Å². The summed E-state index contributed by atoms with van der Waals surface area (Å²) in [5, 5.41) is 59.9. The lowest BCUT2D eigenvalue weighted by molar-refractivity contribution is -0.112. The van der Waals surface area contributed by atoms with Gasteiger partial charge in [0, 0.05) is 11.1 Å². The number of hydrazone groups is 2. The average Bonchev–Trinajstić information content (AvgIpc) is 3.40. The molecule has 5 N–H and O–H groups in total. The van der Waals surface area contributed by atoms with Crippen LogP contribution in [0.25, 0.3) is 22.3 Å². The Morgan fingerprint density at radius 2 is 1.35 bits per heavy atom. The molecule has 0 atom stereocenters. The van der Waals surface area contributed by atoms with Crippen molar-refractivity contribution in [1.82, 2.24) is 0 Å². The number of anilines is 2. The number of azo groups is 1. The maximum absolute atomic E-state index is 13.4. The molecule has 254 valence electrons. The number of benzene rings is 5. The summed E-state index contributed by atoms with van der Waals surface area (Å²) < 4.78 is 0. The standard InChI is InChI=1S/C38H30N6O7/c1-20-13-14-28(15-21(20)2)44-36(47)33(22(3)43-44)42-41-32-19-27(18-30(35(32)46)24-8-5-10-26(17-24)38(50)51)39-40-31-12-6-11-29(34(31)45)23-7-4-9-25(16-23)37(48)49/h4-19,41,45-46H,1-3H3,(H,48,49)(H,50,51). The monoisotopic (exact) mass is 682 g/mol. The third-order valence-electron chi connectivity index (χ3n) is 8.23. The molecule has 5 aromatic carbocycles. The number of phenols is 2. The highest BCUT2D eigenvalue weighted by Crippen LogP contribution is 2.42. The summed E-state index contributed by atoms with van der Waals surface area (Å²) in [5.74, 6) is -3.32. The van der Waals surface area contributed by atoms with E-state index in [2.05, 4.69) is 25.9 Å². The predicted octanol–water partition coefficient (Wildman–Crippen LogP) is 8.05. The number of aromatic carboxylic acids is 2. The van der Waals surface area contributed by atoms with Gasteiger partial charge in [-0.3, -0.25) is 10.2 Å². The lowest BCUT2D eigenvalue weighted by Gasteiger charge is -2.13. The summed E-state index contributed by atoms with van der Waals surface area (Å²) in [6.07, 6.45) is 0. The molecule has 0 aliphatic carbocycles. The topological polar surface area (TPSA) is 197 Å². The minimum atomic E-state index is -1.16. The number of para-hydroxylation sites is 1. The number of amides is 1. The van der Waals surface area contributed by atoms with E-state index in [9.17, 15) is 34.8 Å². The highest BCUT2D eigenvalue weighted by Gasteiger charge is 2.31. The van der Waals surface area contributed by atoms with Gasteiger partial charge >= 0.3 is 17.8 Å². The number of nitrogens with one attached hydrogen (secondary N) is 1. The molecule has 5 aromatic rings. The highest BCUT2D eigenvalue weighted by atomic mass is 16.4. The van der Waals surface area contributed by atoms with Gasteiger partial charge in [-0.05, 0) is 97.6 Å². The Bertz CT molecular complexity index is 2350. The van der Waals surface area contributed by atoms with E-state index in [4.69, 9.17) is 0 Å².